The van der Waals surface area contributed by atoms with Crippen LogP contribution in [0.15, 0.2) is 24.3 Å². The van der Waals surface area contributed by atoms with Crippen molar-refractivity contribution in [2.75, 3.05) is 31.5 Å². The van der Waals surface area contributed by atoms with Crippen LogP contribution in [0.3, 0.4) is 0 Å². The van der Waals surface area contributed by atoms with Crippen LogP contribution in [0.4, 0.5) is 10.6 Å². The third-order valence-electron chi connectivity index (χ3n) is 5.35. The standard InChI is InChI=1S/C22H33N7O2/c1-14(2)19(20(23)30)27-21-16-7-5-6-8-17(16)25-18(26-21)13-28-9-11-29(12-10-28)22(31)24-15(3)4/h5-8,14-15,19H,9-13H2,1-4H3,(H2,23,30)(H,24,31)(H,25,26,27)/t19-/m0/s1. The van der Waals surface area contributed by atoms with E-state index in [2.05, 4.69) is 15.5 Å². The minimum absolute atomic E-state index is 0.0192. The van der Waals surface area contributed by atoms with Crippen LogP contribution in [0.2, 0.25) is 0 Å². The summed E-state index contributed by atoms with van der Waals surface area (Å²) in [6.07, 6.45) is 0. The molecular weight excluding hydrogens is 394 g/mol. The van der Waals surface area contributed by atoms with Crippen molar-refractivity contribution in [2.24, 2.45) is 11.7 Å². The normalized spacial score (nSPS) is 16.0. The van der Waals surface area contributed by atoms with Gasteiger partial charge >= 0.3 is 6.03 Å². The summed E-state index contributed by atoms with van der Waals surface area (Å²) in [5.41, 5.74) is 6.41. The van der Waals surface area contributed by atoms with E-state index in [4.69, 9.17) is 15.7 Å². The Bertz CT molecular complexity index is 923. The van der Waals surface area contributed by atoms with Crippen LogP contribution in [0.1, 0.15) is 33.5 Å². The predicted molar refractivity (Wildman–Crippen MR) is 121 cm³/mol. The second-order valence-electron chi connectivity index (χ2n) is 8.64. The van der Waals surface area contributed by atoms with Crippen molar-refractivity contribution in [1.29, 1.82) is 0 Å². The number of para-hydroxylation sites is 1. The maximum absolute atomic E-state index is 12.2. The van der Waals surface area contributed by atoms with Crippen molar-refractivity contribution in [3.63, 3.8) is 0 Å². The average Bonchev–Trinajstić information content (AvgIpc) is 2.71. The number of anilines is 1. The molecule has 2 aromatic rings. The van der Waals surface area contributed by atoms with Gasteiger partial charge in [-0.1, -0.05) is 26.0 Å². The summed E-state index contributed by atoms with van der Waals surface area (Å²) in [7, 11) is 0. The van der Waals surface area contributed by atoms with Crippen LogP contribution in [-0.2, 0) is 11.3 Å². The Morgan fingerprint density at radius 1 is 1.06 bits per heavy atom. The Labute approximate surface area is 183 Å². The first-order valence-corrected chi connectivity index (χ1v) is 10.8. The van der Waals surface area contributed by atoms with Gasteiger partial charge in [0.25, 0.3) is 0 Å². The molecule has 0 saturated carbocycles. The highest BCUT2D eigenvalue weighted by Crippen LogP contribution is 2.23. The van der Waals surface area contributed by atoms with Gasteiger partial charge in [-0.25, -0.2) is 14.8 Å². The first-order chi connectivity index (χ1) is 14.7. The van der Waals surface area contributed by atoms with E-state index in [9.17, 15) is 9.59 Å². The highest BCUT2D eigenvalue weighted by Gasteiger charge is 2.24. The first kappa shape index (κ1) is 22.7. The number of amides is 3. The molecule has 1 aliphatic rings. The molecule has 1 saturated heterocycles. The molecule has 9 nitrogen and oxygen atoms in total. The second-order valence-corrected chi connectivity index (χ2v) is 8.64. The number of aromatic nitrogens is 2. The lowest BCUT2D eigenvalue weighted by Crippen LogP contribution is -2.52. The fraction of sp³-hybridized carbons (Fsp3) is 0.545. The zero-order valence-electron chi connectivity index (χ0n) is 18.8. The van der Waals surface area contributed by atoms with E-state index in [1.165, 1.54) is 0 Å². The highest BCUT2D eigenvalue weighted by molar-refractivity contribution is 5.91. The molecule has 1 fully saturated rings. The number of fused-ring (bicyclic) bond motifs is 1. The Kier molecular flexibility index (Phi) is 7.27. The van der Waals surface area contributed by atoms with E-state index in [0.717, 1.165) is 24.0 Å². The lowest BCUT2D eigenvalue weighted by Gasteiger charge is -2.34. The van der Waals surface area contributed by atoms with Gasteiger partial charge in [-0.2, -0.15) is 0 Å². The molecule has 9 heteroatoms. The lowest BCUT2D eigenvalue weighted by molar-refractivity contribution is -0.119. The molecule has 0 radical (unpaired) electrons. The number of nitrogens with zero attached hydrogens (tertiary/aromatic N) is 4. The SMILES string of the molecule is CC(C)NC(=O)N1CCN(Cc2nc(N[C@H](C(N)=O)C(C)C)c3ccccc3n2)CC1. The van der Waals surface area contributed by atoms with Crippen LogP contribution in [-0.4, -0.2) is 70.0 Å². The van der Waals surface area contributed by atoms with E-state index < -0.39 is 11.9 Å². The number of primary amides is 1. The molecule has 1 aliphatic heterocycles. The molecule has 3 amide bonds. The maximum Gasteiger partial charge on any atom is 0.317 e. The van der Waals surface area contributed by atoms with Gasteiger partial charge in [-0.3, -0.25) is 9.69 Å². The summed E-state index contributed by atoms with van der Waals surface area (Å²) < 4.78 is 0. The molecule has 4 N–H and O–H groups in total. The molecule has 1 atom stereocenters. The molecule has 31 heavy (non-hydrogen) atoms. The van der Waals surface area contributed by atoms with Crippen molar-refractivity contribution in [3.05, 3.63) is 30.1 Å². The molecule has 3 rings (SSSR count). The summed E-state index contributed by atoms with van der Waals surface area (Å²) in [4.78, 5) is 37.6. The molecule has 1 aromatic heterocycles. The van der Waals surface area contributed by atoms with E-state index in [1.807, 2.05) is 56.9 Å². The van der Waals surface area contributed by atoms with E-state index in [-0.39, 0.29) is 18.0 Å². The molecule has 0 unspecified atom stereocenters. The average molecular weight is 428 g/mol. The summed E-state index contributed by atoms with van der Waals surface area (Å²) in [5, 5.41) is 7.03. The summed E-state index contributed by atoms with van der Waals surface area (Å²) in [5.74, 6) is 0.913. The van der Waals surface area contributed by atoms with E-state index >= 15 is 0 Å². The van der Waals surface area contributed by atoms with Crippen LogP contribution < -0.4 is 16.4 Å². The molecule has 2 heterocycles. The minimum atomic E-state index is -0.519. The van der Waals surface area contributed by atoms with Gasteiger partial charge in [0.1, 0.15) is 17.7 Å². The number of piperazine rings is 1. The number of carbonyl (C=O) groups is 2. The maximum atomic E-state index is 12.2. The number of nitrogens with two attached hydrogens (primary N) is 1. The van der Waals surface area contributed by atoms with E-state index in [1.54, 1.807) is 0 Å². The van der Waals surface area contributed by atoms with Gasteiger partial charge < -0.3 is 21.3 Å². The zero-order valence-corrected chi connectivity index (χ0v) is 18.8. The second kappa shape index (κ2) is 9.91. The van der Waals surface area contributed by atoms with Crippen molar-refractivity contribution in [3.8, 4) is 0 Å². The fourth-order valence-corrected chi connectivity index (χ4v) is 3.67. The van der Waals surface area contributed by atoms with Crippen molar-refractivity contribution in [2.45, 2.75) is 46.3 Å². The first-order valence-electron chi connectivity index (χ1n) is 10.8. The minimum Gasteiger partial charge on any atom is -0.368 e. The number of carbonyl (C=O) groups excluding carboxylic acids is 2. The molecular formula is C22H33N7O2. The van der Waals surface area contributed by atoms with Crippen molar-refractivity contribution in [1.82, 2.24) is 25.1 Å². The number of hydrogen-bond donors (Lipinski definition) is 3. The fourth-order valence-electron chi connectivity index (χ4n) is 3.67. The van der Waals surface area contributed by atoms with E-state index in [0.29, 0.717) is 31.3 Å². The van der Waals surface area contributed by atoms with Gasteiger partial charge in [0.05, 0.1) is 12.1 Å². The molecule has 168 valence electrons. The third-order valence-corrected chi connectivity index (χ3v) is 5.35. The van der Waals surface area contributed by atoms with Gasteiger partial charge in [-0.05, 0) is 31.9 Å². The Morgan fingerprint density at radius 2 is 1.74 bits per heavy atom. The summed E-state index contributed by atoms with van der Waals surface area (Å²) >= 11 is 0. The Hall–Kier alpha value is -2.94. The number of benzene rings is 1. The van der Waals surface area contributed by atoms with Gasteiger partial charge in [0, 0.05) is 37.6 Å². The predicted octanol–water partition coefficient (Wildman–Crippen LogP) is 1.79. The van der Waals surface area contributed by atoms with Gasteiger partial charge in [-0.15, -0.1) is 0 Å². The molecule has 0 bridgehead atoms. The van der Waals surface area contributed by atoms with Crippen LogP contribution in [0.5, 0.6) is 0 Å². The Morgan fingerprint density at radius 3 is 2.35 bits per heavy atom. The topological polar surface area (TPSA) is 116 Å². The summed E-state index contributed by atoms with van der Waals surface area (Å²) in [6, 6.07) is 7.32. The van der Waals surface area contributed by atoms with Crippen LogP contribution in [0, 0.1) is 5.92 Å². The number of hydrogen-bond acceptors (Lipinski definition) is 6. The molecule has 1 aromatic carbocycles. The molecule has 0 spiro atoms. The van der Waals surface area contributed by atoms with Gasteiger partial charge in [0.2, 0.25) is 5.91 Å². The van der Waals surface area contributed by atoms with Crippen LogP contribution in [0.25, 0.3) is 10.9 Å². The highest BCUT2D eigenvalue weighted by atomic mass is 16.2. The van der Waals surface area contributed by atoms with Gasteiger partial charge in [0.15, 0.2) is 0 Å². The van der Waals surface area contributed by atoms with Crippen molar-refractivity contribution < 1.29 is 9.59 Å². The largest absolute Gasteiger partial charge is 0.368 e. The molecule has 0 aliphatic carbocycles. The van der Waals surface area contributed by atoms with Crippen molar-refractivity contribution >= 4 is 28.7 Å². The zero-order chi connectivity index (χ0) is 22.5. The quantitative estimate of drug-likeness (QED) is 0.620. The number of nitrogens with one attached hydrogen (secondary N) is 2. The summed E-state index contributed by atoms with van der Waals surface area (Å²) in [6.45, 7) is 11.2. The smallest absolute Gasteiger partial charge is 0.317 e. The third kappa shape index (κ3) is 5.81. The lowest BCUT2D eigenvalue weighted by atomic mass is 10.0. The monoisotopic (exact) mass is 427 g/mol. The number of urea groups is 1. The number of rotatable bonds is 7. The Balaban J connectivity index is 1.74. The van der Waals surface area contributed by atoms with Crippen LogP contribution >= 0.6 is 0 Å².